The lowest BCUT2D eigenvalue weighted by Gasteiger charge is -2.31. The van der Waals surface area contributed by atoms with Crippen LogP contribution in [0.15, 0.2) is 35.5 Å². The predicted molar refractivity (Wildman–Crippen MR) is 94.1 cm³/mol. The van der Waals surface area contributed by atoms with E-state index < -0.39 is 41.8 Å². The summed E-state index contributed by atoms with van der Waals surface area (Å²) in [6, 6.07) is 0. The van der Waals surface area contributed by atoms with E-state index in [-0.39, 0.29) is 11.7 Å². The van der Waals surface area contributed by atoms with Crippen molar-refractivity contribution in [3.05, 3.63) is 35.5 Å². The number of carbonyl (C=O) groups is 2. The van der Waals surface area contributed by atoms with Gasteiger partial charge in [0, 0.05) is 17.6 Å². The number of hydrogen-bond donors (Lipinski definition) is 1. The molecule has 0 aromatic heterocycles. The van der Waals surface area contributed by atoms with Crippen molar-refractivity contribution in [3.8, 4) is 0 Å². The van der Waals surface area contributed by atoms with Gasteiger partial charge in [-0.2, -0.15) is 0 Å². The zero-order chi connectivity index (χ0) is 19.2. The molecule has 0 aromatic rings. The van der Waals surface area contributed by atoms with Crippen LogP contribution in [0.1, 0.15) is 40.5 Å². The normalized spacial score (nSPS) is 42.1. The highest BCUT2D eigenvalue weighted by Crippen LogP contribution is 2.47. The van der Waals surface area contributed by atoms with E-state index in [0.717, 1.165) is 0 Å². The molecule has 6 heteroatoms. The number of epoxide rings is 1. The van der Waals surface area contributed by atoms with Gasteiger partial charge in [0.2, 0.25) is 0 Å². The number of carbonyl (C=O) groups excluding carboxylic acids is 2. The molecule has 2 fully saturated rings. The van der Waals surface area contributed by atoms with Gasteiger partial charge < -0.3 is 19.3 Å². The standard InChI is InChI=1S/C20H26O6/c1-6-10(2)18(22)24-13-9-20(5)14(26-20)8-7-11(3)16(21)17-15(13)12(4)19(23)25-17/h6-7,13-17,21H,4,8-9H2,1-3,5H3/b10-6-,11-7-/t13-,14+,15+,16+,17-,20+/m0/s1. The van der Waals surface area contributed by atoms with Crippen molar-refractivity contribution in [2.75, 3.05) is 0 Å². The molecule has 6 nitrogen and oxygen atoms in total. The van der Waals surface area contributed by atoms with Gasteiger partial charge in [-0.1, -0.05) is 18.7 Å². The predicted octanol–water partition coefficient (Wildman–Crippen LogP) is 2.22. The van der Waals surface area contributed by atoms with E-state index in [1.165, 1.54) is 0 Å². The van der Waals surface area contributed by atoms with Crippen molar-refractivity contribution in [3.63, 3.8) is 0 Å². The minimum Gasteiger partial charge on any atom is -0.458 e. The summed E-state index contributed by atoms with van der Waals surface area (Å²) in [5.41, 5.74) is 0.963. The SMILES string of the molecule is C=C1C(=O)O[C@H]2[C@H]1[C@@H](OC(=O)/C(C)=C\C)C[C@@]1(C)O[C@@H]1C/C=C(/C)[C@H]2O. The molecular weight excluding hydrogens is 336 g/mol. The van der Waals surface area contributed by atoms with E-state index in [9.17, 15) is 14.7 Å². The number of aliphatic hydroxyl groups excluding tert-OH is 1. The number of hydrogen-bond acceptors (Lipinski definition) is 6. The van der Waals surface area contributed by atoms with Gasteiger partial charge in [-0.15, -0.1) is 0 Å². The second-order valence-electron chi connectivity index (χ2n) is 7.59. The highest BCUT2D eigenvalue weighted by Gasteiger charge is 2.57. The van der Waals surface area contributed by atoms with Gasteiger partial charge in [-0.05, 0) is 39.7 Å². The van der Waals surface area contributed by atoms with E-state index in [2.05, 4.69) is 6.58 Å². The third-order valence-electron chi connectivity index (χ3n) is 5.75. The van der Waals surface area contributed by atoms with Crippen molar-refractivity contribution in [1.29, 1.82) is 0 Å². The summed E-state index contributed by atoms with van der Waals surface area (Å²) in [5.74, 6) is -1.63. The second kappa shape index (κ2) is 6.67. The first kappa shape index (κ1) is 18.9. The van der Waals surface area contributed by atoms with Gasteiger partial charge in [0.25, 0.3) is 0 Å². The third kappa shape index (κ3) is 3.23. The molecule has 0 saturated carbocycles. The molecule has 2 saturated heterocycles. The second-order valence-corrected chi connectivity index (χ2v) is 7.59. The molecule has 0 amide bonds. The first-order valence-corrected chi connectivity index (χ1v) is 8.94. The number of fused-ring (bicyclic) bond motifs is 2. The molecule has 0 aromatic carbocycles. The maximum atomic E-state index is 12.4. The Morgan fingerprint density at radius 3 is 2.85 bits per heavy atom. The Morgan fingerprint density at radius 1 is 1.50 bits per heavy atom. The summed E-state index contributed by atoms with van der Waals surface area (Å²) in [6.07, 6.45) is 2.18. The largest absolute Gasteiger partial charge is 0.458 e. The molecule has 2 heterocycles. The summed E-state index contributed by atoms with van der Waals surface area (Å²) < 4.78 is 17.0. The average molecular weight is 362 g/mol. The first-order valence-electron chi connectivity index (χ1n) is 8.94. The van der Waals surface area contributed by atoms with Gasteiger partial charge in [-0.25, -0.2) is 9.59 Å². The minimum atomic E-state index is -0.977. The maximum Gasteiger partial charge on any atom is 0.334 e. The lowest BCUT2D eigenvalue weighted by atomic mass is 9.80. The van der Waals surface area contributed by atoms with Crippen LogP contribution in [0.4, 0.5) is 0 Å². The molecule has 26 heavy (non-hydrogen) atoms. The fraction of sp³-hybridized carbons (Fsp3) is 0.600. The molecule has 1 aliphatic carbocycles. The van der Waals surface area contributed by atoms with Gasteiger partial charge in [0.1, 0.15) is 18.3 Å². The fourth-order valence-corrected chi connectivity index (χ4v) is 3.73. The molecule has 0 radical (unpaired) electrons. The summed E-state index contributed by atoms with van der Waals surface area (Å²) >= 11 is 0. The van der Waals surface area contributed by atoms with Crippen LogP contribution < -0.4 is 0 Å². The van der Waals surface area contributed by atoms with Gasteiger partial charge in [-0.3, -0.25) is 0 Å². The molecule has 6 atom stereocenters. The average Bonchev–Trinajstić information content (AvgIpc) is 3.15. The van der Waals surface area contributed by atoms with E-state index in [1.54, 1.807) is 26.8 Å². The number of allylic oxidation sites excluding steroid dienone is 1. The highest BCUT2D eigenvalue weighted by atomic mass is 16.6. The van der Waals surface area contributed by atoms with Crippen LogP contribution in [0.3, 0.4) is 0 Å². The molecule has 0 spiro atoms. The van der Waals surface area contributed by atoms with Gasteiger partial charge in [0.05, 0.1) is 17.6 Å². The van der Waals surface area contributed by atoms with Crippen LogP contribution in [0.5, 0.6) is 0 Å². The summed E-state index contributed by atoms with van der Waals surface area (Å²) in [5, 5.41) is 10.7. The Bertz CT molecular complexity index is 705. The van der Waals surface area contributed by atoms with E-state index in [1.807, 2.05) is 13.0 Å². The smallest absolute Gasteiger partial charge is 0.334 e. The molecule has 0 unspecified atom stereocenters. The van der Waals surface area contributed by atoms with E-state index >= 15 is 0 Å². The summed E-state index contributed by atoms with van der Waals surface area (Å²) in [6.45, 7) is 11.0. The van der Waals surface area contributed by atoms with Gasteiger partial charge in [0.15, 0.2) is 0 Å². The summed E-state index contributed by atoms with van der Waals surface area (Å²) in [7, 11) is 0. The van der Waals surface area contributed by atoms with E-state index in [0.29, 0.717) is 24.0 Å². The molecule has 3 rings (SSSR count). The Labute approximate surface area is 153 Å². The van der Waals surface area contributed by atoms with Crippen LogP contribution in [0.25, 0.3) is 0 Å². The Morgan fingerprint density at radius 2 is 2.19 bits per heavy atom. The van der Waals surface area contributed by atoms with Crippen LogP contribution >= 0.6 is 0 Å². The van der Waals surface area contributed by atoms with Crippen LogP contribution in [0.2, 0.25) is 0 Å². The maximum absolute atomic E-state index is 12.4. The quantitative estimate of drug-likeness (QED) is 0.351. The fourth-order valence-electron chi connectivity index (χ4n) is 3.73. The number of rotatable bonds is 2. The van der Waals surface area contributed by atoms with Crippen LogP contribution in [0, 0.1) is 5.92 Å². The lowest BCUT2D eigenvalue weighted by Crippen LogP contribution is -2.42. The lowest BCUT2D eigenvalue weighted by molar-refractivity contribution is -0.151. The minimum absolute atomic E-state index is 0.00324. The summed E-state index contributed by atoms with van der Waals surface area (Å²) in [4.78, 5) is 24.5. The van der Waals surface area contributed by atoms with Crippen LogP contribution in [-0.2, 0) is 23.8 Å². The number of ether oxygens (including phenoxy) is 3. The molecular formula is C20H26O6. The Hall–Kier alpha value is -1.92. The topological polar surface area (TPSA) is 85.4 Å². The van der Waals surface area contributed by atoms with Crippen molar-refractivity contribution in [1.82, 2.24) is 0 Å². The molecule has 1 N–H and O–H groups in total. The first-order chi connectivity index (χ1) is 12.2. The Kier molecular flexibility index (Phi) is 4.84. The number of esters is 2. The van der Waals surface area contributed by atoms with Gasteiger partial charge >= 0.3 is 11.9 Å². The molecule has 3 aliphatic rings. The third-order valence-corrected chi connectivity index (χ3v) is 5.75. The monoisotopic (exact) mass is 362 g/mol. The molecule has 0 bridgehead atoms. The Balaban J connectivity index is 1.98. The zero-order valence-corrected chi connectivity index (χ0v) is 15.7. The van der Waals surface area contributed by atoms with Crippen molar-refractivity contribution >= 4 is 11.9 Å². The van der Waals surface area contributed by atoms with Crippen LogP contribution in [-0.4, -0.2) is 47.1 Å². The highest BCUT2D eigenvalue weighted by molar-refractivity contribution is 5.91. The zero-order valence-electron chi connectivity index (χ0n) is 15.7. The number of aliphatic hydroxyl groups is 1. The van der Waals surface area contributed by atoms with Crippen molar-refractivity contribution in [2.24, 2.45) is 5.92 Å². The molecule has 2 aliphatic heterocycles. The van der Waals surface area contributed by atoms with E-state index in [4.69, 9.17) is 14.2 Å². The van der Waals surface area contributed by atoms with Crippen molar-refractivity contribution < 1.29 is 28.9 Å². The van der Waals surface area contributed by atoms with Crippen molar-refractivity contribution in [2.45, 2.75) is 70.6 Å². The molecule has 142 valence electrons.